The molecule has 4 nitrogen and oxygen atoms in total. The molecule has 0 bridgehead atoms. The first-order chi connectivity index (χ1) is 10.6. The molecule has 0 N–H and O–H groups in total. The van der Waals surface area contributed by atoms with Crippen LogP contribution in [0.1, 0.15) is 25.0 Å². The predicted molar refractivity (Wildman–Crippen MR) is 83.7 cm³/mol. The topological polar surface area (TPSA) is 52.6 Å². The van der Waals surface area contributed by atoms with E-state index in [0.717, 1.165) is 22.3 Å². The van der Waals surface area contributed by atoms with Crippen molar-refractivity contribution in [3.8, 4) is 11.1 Å². The zero-order valence-electron chi connectivity index (χ0n) is 12.9. The molecular formula is C18H20O4. The summed E-state index contributed by atoms with van der Waals surface area (Å²) in [4.78, 5) is 21.8. The van der Waals surface area contributed by atoms with Crippen LogP contribution >= 0.6 is 0 Å². The maximum atomic E-state index is 10.9. The number of ether oxygens (including phenoxy) is 2. The maximum Gasteiger partial charge on any atom is 0.302 e. The van der Waals surface area contributed by atoms with Crippen LogP contribution < -0.4 is 0 Å². The lowest BCUT2D eigenvalue weighted by Crippen LogP contribution is -2.03. The Hall–Kier alpha value is -2.36. The molecule has 0 saturated heterocycles. The van der Waals surface area contributed by atoms with Crippen molar-refractivity contribution in [3.05, 3.63) is 47.5 Å². The summed E-state index contributed by atoms with van der Waals surface area (Å²) < 4.78 is 10.1. The monoisotopic (exact) mass is 300 g/mol. The first-order valence-electron chi connectivity index (χ1n) is 7.34. The fourth-order valence-electron chi connectivity index (χ4n) is 2.50. The van der Waals surface area contributed by atoms with Gasteiger partial charge in [-0.05, 0) is 22.3 Å². The Morgan fingerprint density at radius 1 is 0.818 bits per heavy atom. The van der Waals surface area contributed by atoms with Crippen LogP contribution in [0, 0.1) is 0 Å². The number of fused-ring (bicyclic) bond motifs is 1. The van der Waals surface area contributed by atoms with Gasteiger partial charge in [-0.3, -0.25) is 9.59 Å². The molecule has 0 heterocycles. The fourth-order valence-corrected chi connectivity index (χ4v) is 2.50. The van der Waals surface area contributed by atoms with Gasteiger partial charge in [0.25, 0.3) is 0 Å². The van der Waals surface area contributed by atoms with Crippen molar-refractivity contribution in [2.24, 2.45) is 0 Å². The highest BCUT2D eigenvalue weighted by atomic mass is 16.5. The average Bonchev–Trinajstić information content (AvgIpc) is 2.63. The van der Waals surface area contributed by atoms with Crippen LogP contribution in [0.15, 0.2) is 36.4 Å². The van der Waals surface area contributed by atoms with E-state index in [1.807, 2.05) is 18.2 Å². The van der Waals surface area contributed by atoms with E-state index in [1.54, 1.807) is 0 Å². The Balaban J connectivity index is 2.17. The summed E-state index contributed by atoms with van der Waals surface area (Å²) in [6.07, 6.45) is 1.35. The van der Waals surface area contributed by atoms with Crippen molar-refractivity contribution in [1.82, 2.24) is 0 Å². The van der Waals surface area contributed by atoms with Crippen LogP contribution in [0.2, 0.25) is 0 Å². The molecule has 116 valence electrons. The summed E-state index contributed by atoms with van der Waals surface area (Å²) in [5, 5.41) is 0. The van der Waals surface area contributed by atoms with Crippen molar-refractivity contribution in [1.29, 1.82) is 0 Å². The molecular weight excluding hydrogens is 280 g/mol. The van der Waals surface area contributed by atoms with Crippen molar-refractivity contribution in [3.63, 3.8) is 0 Å². The lowest BCUT2D eigenvalue weighted by Gasteiger charge is -2.03. The first-order valence-corrected chi connectivity index (χ1v) is 7.34. The van der Waals surface area contributed by atoms with Crippen LogP contribution in [0.3, 0.4) is 0 Å². The highest BCUT2D eigenvalue weighted by molar-refractivity contribution is 5.75. The minimum absolute atomic E-state index is 0.267. The van der Waals surface area contributed by atoms with Gasteiger partial charge in [-0.25, -0.2) is 0 Å². The second-order valence-corrected chi connectivity index (χ2v) is 5.11. The first kappa shape index (κ1) is 16.0. The van der Waals surface area contributed by atoms with Gasteiger partial charge < -0.3 is 9.47 Å². The van der Waals surface area contributed by atoms with E-state index in [9.17, 15) is 9.59 Å². The minimum Gasteiger partial charge on any atom is -0.466 e. The molecule has 2 aliphatic carbocycles. The van der Waals surface area contributed by atoms with E-state index in [2.05, 4.69) is 18.2 Å². The summed E-state index contributed by atoms with van der Waals surface area (Å²) in [6, 6.07) is 12.2. The van der Waals surface area contributed by atoms with E-state index in [1.165, 1.54) is 13.8 Å². The van der Waals surface area contributed by atoms with Gasteiger partial charge in [-0.15, -0.1) is 0 Å². The second kappa shape index (κ2) is 7.59. The standard InChI is InChI=1S/C18H20O4/c1-13(19)21-10-8-15-12-16(9-11-22-14(2)20)18-7-5-3-4-6-17(15)18/h3-7,12H,8-11H2,1-2H3. The van der Waals surface area contributed by atoms with Crippen molar-refractivity contribution in [2.45, 2.75) is 26.7 Å². The predicted octanol–water partition coefficient (Wildman–Crippen LogP) is 3.00. The Bertz CT molecular complexity index is 581. The molecule has 0 amide bonds. The van der Waals surface area contributed by atoms with Gasteiger partial charge >= 0.3 is 11.9 Å². The lowest BCUT2D eigenvalue weighted by atomic mass is 10.1. The molecule has 0 fully saturated rings. The second-order valence-electron chi connectivity index (χ2n) is 5.11. The highest BCUT2D eigenvalue weighted by Gasteiger charge is 2.14. The number of hydrogen-bond acceptors (Lipinski definition) is 4. The van der Waals surface area contributed by atoms with Crippen LogP contribution in [0.4, 0.5) is 0 Å². The average molecular weight is 300 g/mol. The molecule has 0 unspecified atom stereocenters. The van der Waals surface area contributed by atoms with Gasteiger partial charge in [0, 0.05) is 26.7 Å². The zero-order valence-corrected chi connectivity index (χ0v) is 12.9. The Kier molecular flexibility index (Phi) is 5.53. The molecule has 2 rings (SSSR count). The van der Waals surface area contributed by atoms with Crippen molar-refractivity contribution < 1.29 is 19.1 Å². The van der Waals surface area contributed by atoms with E-state index in [4.69, 9.17) is 9.47 Å². The van der Waals surface area contributed by atoms with Gasteiger partial charge in [-0.1, -0.05) is 36.4 Å². The van der Waals surface area contributed by atoms with Gasteiger partial charge in [0.2, 0.25) is 0 Å². The van der Waals surface area contributed by atoms with E-state index in [0.29, 0.717) is 26.1 Å². The maximum absolute atomic E-state index is 10.9. The van der Waals surface area contributed by atoms with E-state index >= 15 is 0 Å². The van der Waals surface area contributed by atoms with Crippen molar-refractivity contribution in [2.75, 3.05) is 13.2 Å². The number of esters is 2. The Labute approximate surface area is 130 Å². The molecule has 0 aliphatic heterocycles. The third-order valence-corrected chi connectivity index (χ3v) is 3.43. The quantitative estimate of drug-likeness (QED) is 0.770. The summed E-state index contributed by atoms with van der Waals surface area (Å²) in [5.41, 5.74) is 4.58. The molecule has 0 spiro atoms. The van der Waals surface area contributed by atoms with Crippen LogP contribution in [-0.2, 0) is 31.9 Å². The molecule has 0 atom stereocenters. The summed E-state index contributed by atoms with van der Waals surface area (Å²) in [7, 11) is 0. The van der Waals surface area contributed by atoms with Crippen LogP contribution in [0.5, 0.6) is 0 Å². The molecule has 0 aromatic carbocycles. The third-order valence-electron chi connectivity index (χ3n) is 3.43. The lowest BCUT2D eigenvalue weighted by molar-refractivity contribution is -0.141. The normalized spacial score (nSPS) is 10.5. The summed E-state index contributed by atoms with van der Waals surface area (Å²) >= 11 is 0. The van der Waals surface area contributed by atoms with Crippen LogP contribution in [0.25, 0.3) is 11.1 Å². The Morgan fingerprint density at radius 3 is 1.68 bits per heavy atom. The van der Waals surface area contributed by atoms with Gasteiger partial charge in [-0.2, -0.15) is 0 Å². The fraction of sp³-hybridized carbons (Fsp3) is 0.333. The Morgan fingerprint density at radius 2 is 1.27 bits per heavy atom. The molecule has 0 saturated carbocycles. The summed E-state index contributed by atoms with van der Waals surface area (Å²) in [5.74, 6) is -0.534. The number of carbonyl (C=O) groups is 2. The number of rotatable bonds is 6. The van der Waals surface area contributed by atoms with E-state index in [-0.39, 0.29) is 11.9 Å². The van der Waals surface area contributed by atoms with Crippen LogP contribution in [-0.4, -0.2) is 25.2 Å². The molecule has 2 aliphatic rings. The minimum atomic E-state index is -0.267. The summed E-state index contributed by atoms with van der Waals surface area (Å²) in [6.45, 7) is 3.56. The molecule has 0 radical (unpaired) electrons. The van der Waals surface area contributed by atoms with Gasteiger partial charge in [0.1, 0.15) is 0 Å². The largest absolute Gasteiger partial charge is 0.466 e. The molecule has 0 aromatic rings. The number of hydrogen-bond donors (Lipinski definition) is 0. The van der Waals surface area contributed by atoms with Gasteiger partial charge in [0.05, 0.1) is 13.2 Å². The van der Waals surface area contributed by atoms with Gasteiger partial charge in [0.15, 0.2) is 0 Å². The third kappa shape index (κ3) is 4.32. The SMILES string of the molecule is CC(=O)OCCc1cc(CCOC(C)=O)c2cccccc1-2. The van der Waals surface area contributed by atoms with E-state index < -0.39 is 0 Å². The molecule has 4 heteroatoms. The molecule has 0 aromatic heterocycles. The molecule has 22 heavy (non-hydrogen) atoms. The zero-order chi connectivity index (χ0) is 15.9. The smallest absolute Gasteiger partial charge is 0.302 e. The van der Waals surface area contributed by atoms with Crippen molar-refractivity contribution >= 4 is 11.9 Å². The number of carbonyl (C=O) groups excluding carboxylic acids is 2. The highest BCUT2D eigenvalue weighted by Crippen LogP contribution is 2.32.